The van der Waals surface area contributed by atoms with E-state index in [1.165, 1.54) is 0 Å². The molecule has 0 aliphatic rings. The van der Waals surface area contributed by atoms with Crippen molar-refractivity contribution in [3.63, 3.8) is 0 Å². The third kappa shape index (κ3) is 49.1. The Labute approximate surface area is 29.6 Å². The van der Waals surface area contributed by atoms with Crippen LogP contribution in [-0.2, 0) is 24.7 Å². The number of hydrogen-bond acceptors (Lipinski definition) is 2. The van der Waals surface area contributed by atoms with Gasteiger partial charge in [-0.15, -0.1) is 0 Å². The predicted molar refractivity (Wildman–Crippen MR) is 5.56 cm³/mol. The van der Waals surface area contributed by atoms with E-state index in [1.807, 2.05) is 0 Å². The number of hydrogen-bond donors (Lipinski definition) is 1. The van der Waals surface area contributed by atoms with E-state index >= 15 is 0 Å². The standard InChI is InChI=1S/H2N.2O.Ti/h1H2;;;/q-1;;;+1. The Morgan fingerprint density at radius 1 is 1.50 bits per heavy atom. The van der Waals surface area contributed by atoms with Crippen LogP contribution in [0.5, 0.6) is 0 Å². The molecule has 0 unspecified atom stereocenters. The van der Waals surface area contributed by atoms with Gasteiger partial charge in [0.2, 0.25) is 0 Å². The molecule has 0 amide bonds. The van der Waals surface area contributed by atoms with Gasteiger partial charge in [0.05, 0.1) is 0 Å². The van der Waals surface area contributed by atoms with Gasteiger partial charge in [-0.2, -0.15) is 0 Å². The van der Waals surface area contributed by atoms with Crippen molar-refractivity contribution in [1.82, 2.24) is 0 Å². The number of nitrogens with two attached hydrogens (primary N) is 1. The van der Waals surface area contributed by atoms with E-state index in [2.05, 4.69) is 4.22 Å². The van der Waals surface area contributed by atoms with E-state index in [1.54, 1.807) is 0 Å². The van der Waals surface area contributed by atoms with Gasteiger partial charge in [0.15, 0.2) is 0 Å². The van der Waals surface area contributed by atoms with Crippen LogP contribution in [0.15, 0.2) is 0 Å². The first-order chi connectivity index (χ1) is 1.73. The maximum absolute atomic E-state index is 8.92. The third-order valence-electron chi connectivity index (χ3n) is 0. The molecule has 0 saturated carbocycles. The molecular formula is H2NO2Ti. The molecule has 0 radical (unpaired) electrons. The van der Waals surface area contributed by atoms with Crippen LogP contribution in [0.25, 0.3) is 0 Å². The van der Waals surface area contributed by atoms with Crippen molar-refractivity contribution >= 4 is 0 Å². The van der Waals surface area contributed by atoms with Crippen molar-refractivity contribution < 1.29 is 24.7 Å². The molecule has 0 fully saturated rings. The molecule has 23 valence electrons. The maximum atomic E-state index is 8.92. The average molecular weight is 95.9 g/mol. The molecule has 0 aliphatic carbocycles. The molecule has 0 saturated heterocycles. The second kappa shape index (κ2) is 1.58. The SMILES string of the molecule is [NH2][Ti](=[O])=[O]. The first-order valence-corrected chi connectivity index (χ1v) is 2.87. The summed E-state index contributed by atoms with van der Waals surface area (Å²) in [4.78, 5) is 0. The summed E-state index contributed by atoms with van der Waals surface area (Å²) in [5, 5.41) is 0. The second-order valence-electron chi connectivity index (χ2n) is 0.319. The average Bonchev–Trinajstić information content (AvgIpc) is 0.811. The van der Waals surface area contributed by atoms with Gasteiger partial charge in [-0.1, -0.05) is 0 Å². The topological polar surface area (TPSA) is 60.2 Å². The van der Waals surface area contributed by atoms with Crippen molar-refractivity contribution in [1.29, 1.82) is 0 Å². The van der Waals surface area contributed by atoms with Crippen LogP contribution in [0.2, 0.25) is 0 Å². The summed E-state index contributed by atoms with van der Waals surface area (Å²) in [6.07, 6.45) is 0. The summed E-state index contributed by atoms with van der Waals surface area (Å²) < 4.78 is 22.0. The molecular weight excluding hydrogens is 93.9 g/mol. The molecule has 0 rings (SSSR count). The van der Waals surface area contributed by atoms with E-state index in [0.717, 1.165) is 0 Å². The Morgan fingerprint density at radius 3 is 1.50 bits per heavy atom. The van der Waals surface area contributed by atoms with Crippen molar-refractivity contribution in [3.05, 3.63) is 0 Å². The predicted octanol–water partition coefficient (Wildman–Crippen LogP) is -0.831. The summed E-state index contributed by atoms with van der Waals surface area (Å²) in [5.41, 5.74) is 0. The first-order valence-electron chi connectivity index (χ1n) is 0.697. The van der Waals surface area contributed by atoms with Crippen LogP contribution in [0, 0.1) is 0 Å². The van der Waals surface area contributed by atoms with Gasteiger partial charge in [0, 0.05) is 0 Å². The molecule has 4 heavy (non-hydrogen) atoms. The molecule has 2 N–H and O–H groups in total. The monoisotopic (exact) mass is 96.0 g/mol. The zero-order valence-electron chi connectivity index (χ0n) is 1.89. The van der Waals surface area contributed by atoms with Gasteiger partial charge in [-0.05, 0) is 0 Å². The summed E-state index contributed by atoms with van der Waals surface area (Å²) in [6, 6.07) is 0. The van der Waals surface area contributed by atoms with Gasteiger partial charge in [0.25, 0.3) is 0 Å². The van der Waals surface area contributed by atoms with Crippen molar-refractivity contribution in [2.75, 3.05) is 0 Å². The molecule has 0 aromatic rings. The first kappa shape index (κ1) is 4.27. The van der Waals surface area contributed by atoms with Gasteiger partial charge in [-0.3, -0.25) is 0 Å². The summed E-state index contributed by atoms with van der Waals surface area (Å²) in [6.45, 7) is 0. The molecule has 4 heteroatoms. The van der Waals surface area contributed by atoms with Crippen molar-refractivity contribution in [3.8, 4) is 0 Å². The second-order valence-corrected chi connectivity index (χ2v) is 1.32. The minimum absolute atomic E-state index is 3.33. The van der Waals surface area contributed by atoms with E-state index in [0.29, 0.717) is 0 Å². The summed E-state index contributed by atoms with van der Waals surface area (Å²) in [5.74, 6) is 0. The van der Waals surface area contributed by atoms with E-state index in [-0.39, 0.29) is 0 Å². The quantitative estimate of drug-likeness (QED) is 0.400. The van der Waals surface area contributed by atoms with Crippen LogP contribution in [-0.4, -0.2) is 0 Å². The molecule has 0 aliphatic heterocycles. The van der Waals surface area contributed by atoms with Crippen LogP contribution in [0.1, 0.15) is 0 Å². The molecule has 0 aromatic carbocycles. The van der Waals surface area contributed by atoms with Crippen LogP contribution < -0.4 is 4.22 Å². The Hall–Kier alpha value is 0.274. The molecule has 0 aromatic heterocycles. The van der Waals surface area contributed by atoms with Crippen LogP contribution in [0.3, 0.4) is 0 Å². The van der Waals surface area contributed by atoms with Gasteiger partial charge in [-0.25, -0.2) is 0 Å². The molecule has 0 heterocycles. The van der Waals surface area contributed by atoms with Gasteiger partial charge < -0.3 is 0 Å². The number of rotatable bonds is 0. The van der Waals surface area contributed by atoms with Gasteiger partial charge >= 0.3 is 28.9 Å². The Bertz CT molecular complexity index is 54.4. The fourth-order valence-corrected chi connectivity index (χ4v) is 0. The summed E-state index contributed by atoms with van der Waals surface area (Å²) in [7, 11) is 0. The van der Waals surface area contributed by atoms with E-state index < -0.39 is 18.1 Å². The summed E-state index contributed by atoms with van der Waals surface area (Å²) >= 11 is -3.33. The minimum atomic E-state index is -3.33. The zero-order chi connectivity index (χ0) is 3.58. The van der Waals surface area contributed by atoms with E-state index in [4.69, 9.17) is 6.65 Å². The van der Waals surface area contributed by atoms with E-state index in [9.17, 15) is 0 Å². The molecule has 0 bridgehead atoms. The zero-order valence-corrected chi connectivity index (χ0v) is 3.46. The molecule has 0 atom stereocenters. The van der Waals surface area contributed by atoms with Crippen molar-refractivity contribution in [2.24, 2.45) is 4.22 Å². The van der Waals surface area contributed by atoms with Crippen molar-refractivity contribution in [2.45, 2.75) is 0 Å². The Balaban J connectivity index is 3.51. The Kier molecular flexibility index (Phi) is 1.69. The fraction of sp³-hybridized carbons (Fsp3) is 0. The van der Waals surface area contributed by atoms with Crippen LogP contribution >= 0.6 is 0 Å². The van der Waals surface area contributed by atoms with Gasteiger partial charge in [0.1, 0.15) is 0 Å². The molecule has 3 nitrogen and oxygen atoms in total. The third-order valence-corrected chi connectivity index (χ3v) is 0. The molecule has 0 spiro atoms. The normalized spacial score (nSPS) is 6.25. The van der Waals surface area contributed by atoms with Crippen LogP contribution in [0.4, 0.5) is 0 Å². The fourth-order valence-electron chi connectivity index (χ4n) is 0. The Morgan fingerprint density at radius 2 is 1.50 bits per heavy atom.